The highest BCUT2D eigenvalue weighted by Gasteiger charge is 2.10. The lowest BCUT2D eigenvalue weighted by molar-refractivity contribution is -0.122. The Labute approximate surface area is 82.6 Å². The third-order valence-electron chi connectivity index (χ3n) is 1.87. The molecule has 0 saturated heterocycles. The van der Waals surface area contributed by atoms with Gasteiger partial charge < -0.3 is 15.4 Å². The van der Waals surface area contributed by atoms with Gasteiger partial charge in [-0.2, -0.15) is 0 Å². The number of carbonyl (C=O) groups is 1. The normalized spacial score (nSPS) is 12.4. The van der Waals surface area contributed by atoms with E-state index in [0.717, 1.165) is 5.82 Å². The molecule has 0 fully saturated rings. The number of carbonyl (C=O) groups excluding carboxylic acids is 1. The standard InChI is InChI=1S/C9H15N3O2/c1-7(9-10-4-5-11-9)12-8(14)3-2-6-13/h4-5,7,13H,2-3,6H2,1H3,(H,10,11)(H,12,14). The molecule has 0 bridgehead atoms. The van der Waals surface area contributed by atoms with E-state index in [1.165, 1.54) is 0 Å². The van der Waals surface area contributed by atoms with Crippen molar-refractivity contribution in [2.24, 2.45) is 0 Å². The summed E-state index contributed by atoms with van der Waals surface area (Å²) >= 11 is 0. The van der Waals surface area contributed by atoms with Gasteiger partial charge in [-0.05, 0) is 13.3 Å². The zero-order valence-electron chi connectivity index (χ0n) is 8.16. The second-order valence-corrected chi connectivity index (χ2v) is 3.09. The van der Waals surface area contributed by atoms with Crippen LogP contribution in [0, 0.1) is 0 Å². The molecule has 5 heteroatoms. The molecule has 1 aromatic rings. The van der Waals surface area contributed by atoms with Crippen molar-refractivity contribution in [3.8, 4) is 0 Å². The number of H-pyrrole nitrogens is 1. The van der Waals surface area contributed by atoms with Crippen molar-refractivity contribution in [1.82, 2.24) is 15.3 Å². The van der Waals surface area contributed by atoms with Crippen LogP contribution in [0.15, 0.2) is 12.4 Å². The molecule has 1 atom stereocenters. The highest BCUT2D eigenvalue weighted by Crippen LogP contribution is 2.05. The summed E-state index contributed by atoms with van der Waals surface area (Å²) in [5.41, 5.74) is 0. The first kappa shape index (κ1) is 10.7. The average molecular weight is 197 g/mol. The van der Waals surface area contributed by atoms with Gasteiger partial charge in [-0.15, -0.1) is 0 Å². The number of aliphatic hydroxyl groups is 1. The quantitative estimate of drug-likeness (QED) is 0.637. The molecule has 78 valence electrons. The molecular formula is C9H15N3O2. The Morgan fingerprint density at radius 3 is 3.14 bits per heavy atom. The van der Waals surface area contributed by atoms with E-state index in [2.05, 4.69) is 15.3 Å². The van der Waals surface area contributed by atoms with Crippen LogP contribution in [-0.2, 0) is 4.79 Å². The molecule has 1 unspecified atom stereocenters. The number of aliphatic hydroxyl groups excluding tert-OH is 1. The maximum Gasteiger partial charge on any atom is 0.220 e. The van der Waals surface area contributed by atoms with Crippen molar-refractivity contribution in [3.05, 3.63) is 18.2 Å². The second-order valence-electron chi connectivity index (χ2n) is 3.09. The van der Waals surface area contributed by atoms with E-state index in [-0.39, 0.29) is 18.6 Å². The van der Waals surface area contributed by atoms with Crippen LogP contribution < -0.4 is 5.32 Å². The number of nitrogens with one attached hydrogen (secondary N) is 2. The van der Waals surface area contributed by atoms with E-state index in [1.807, 2.05) is 6.92 Å². The monoisotopic (exact) mass is 197 g/mol. The van der Waals surface area contributed by atoms with Crippen LogP contribution in [-0.4, -0.2) is 27.6 Å². The van der Waals surface area contributed by atoms with E-state index in [0.29, 0.717) is 12.8 Å². The maximum absolute atomic E-state index is 11.2. The summed E-state index contributed by atoms with van der Waals surface area (Å²) < 4.78 is 0. The van der Waals surface area contributed by atoms with Crippen LogP contribution in [0.5, 0.6) is 0 Å². The third kappa shape index (κ3) is 3.18. The number of nitrogens with zero attached hydrogens (tertiary/aromatic N) is 1. The van der Waals surface area contributed by atoms with Gasteiger partial charge in [0.05, 0.1) is 6.04 Å². The zero-order valence-corrected chi connectivity index (χ0v) is 8.16. The van der Waals surface area contributed by atoms with Gasteiger partial charge in [-0.1, -0.05) is 0 Å². The van der Waals surface area contributed by atoms with E-state index in [1.54, 1.807) is 12.4 Å². The number of hydrogen-bond donors (Lipinski definition) is 3. The van der Waals surface area contributed by atoms with E-state index in [4.69, 9.17) is 5.11 Å². The molecule has 0 spiro atoms. The summed E-state index contributed by atoms with van der Waals surface area (Å²) in [4.78, 5) is 18.2. The summed E-state index contributed by atoms with van der Waals surface area (Å²) in [5, 5.41) is 11.3. The molecule has 0 aliphatic rings. The molecule has 1 rings (SSSR count). The highest BCUT2D eigenvalue weighted by atomic mass is 16.3. The third-order valence-corrected chi connectivity index (χ3v) is 1.87. The molecule has 0 aliphatic carbocycles. The molecule has 0 aromatic carbocycles. The van der Waals surface area contributed by atoms with Crippen LogP contribution in [0.4, 0.5) is 0 Å². The summed E-state index contributed by atoms with van der Waals surface area (Å²) in [7, 11) is 0. The first-order valence-electron chi connectivity index (χ1n) is 4.63. The van der Waals surface area contributed by atoms with Gasteiger partial charge in [0.2, 0.25) is 5.91 Å². The van der Waals surface area contributed by atoms with Gasteiger partial charge in [0.1, 0.15) is 5.82 Å². The predicted molar refractivity (Wildman–Crippen MR) is 51.5 cm³/mol. The second kappa shape index (κ2) is 5.39. The molecule has 0 saturated carbocycles. The fraction of sp³-hybridized carbons (Fsp3) is 0.556. The van der Waals surface area contributed by atoms with Crippen LogP contribution >= 0.6 is 0 Å². The SMILES string of the molecule is CC(NC(=O)CCCO)c1ncc[nH]1. The number of imidazole rings is 1. The van der Waals surface area contributed by atoms with Gasteiger partial charge in [0.25, 0.3) is 0 Å². The summed E-state index contributed by atoms with van der Waals surface area (Å²) in [6.45, 7) is 1.90. The number of aromatic amines is 1. The fourth-order valence-corrected chi connectivity index (χ4v) is 1.14. The predicted octanol–water partition coefficient (Wildman–Crippen LogP) is 0.359. The van der Waals surface area contributed by atoms with Crippen LogP contribution in [0.3, 0.4) is 0 Å². The van der Waals surface area contributed by atoms with Crippen molar-refractivity contribution in [2.75, 3.05) is 6.61 Å². The van der Waals surface area contributed by atoms with Gasteiger partial charge in [0.15, 0.2) is 0 Å². The van der Waals surface area contributed by atoms with Crippen molar-refractivity contribution < 1.29 is 9.90 Å². The largest absolute Gasteiger partial charge is 0.396 e. The van der Waals surface area contributed by atoms with Crippen LogP contribution in [0.2, 0.25) is 0 Å². The number of rotatable bonds is 5. The topological polar surface area (TPSA) is 78.0 Å². The number of aromatic nitrogens is 2. The Bertz CT molecular complexity index is 272. The van der Waals surface area contributed by atoms with Crippen molar-refractivity contribution in [3.63, 3.8) is 0 Å². The highest BCUT2D eigenvalue weighted by molar-refractivity contribution is 5.76. The molecule has 3 N–H and O–H groups in total. The van der Waals surface area contributed by atoms with E-state index < -0.39 is 0 Å². The van der Waals surface area contributed by atoms with Crippen molar-refractivity contribution in [2.45, 2.75) is 25.8 Å². The van der Waals surface area contributed by atoms with Crippen molar-refractivity contribution >= 4 is 5.91 Å². The van der Waals surface area contributed by atoms with E-state index >= 15 is 0 Å². The minimum Gasteiger partial charge on any atom is -0.396 e. The minimum absolute atomic E-state index is 0.0442. The average Bonchev–Trinajstić information content (AvgIpc) is 2.67. The van der Waals surface area contributed by atoms with E-state index in [9.17, 15) is 4.79 Å². The molecule has 1 amide bonds. The summed E-state index contributed by atoms with van der Waals surface area (Å²) in [6, 6.07) is -0.115. The Kier molecular flexibility index (Phi) is 4.12. The maximum atomic E-state index is 11.2. The van der Waals surface area contributed by atoms with Crippen molar-refractivity contribution in [1.29, 1.82) is 0 Å². The van der Waals surface area contributed by atoms with Gasteiger partial charge in [0, 0.05) is 25.4 Å². The lowest BCUT2D eigenvalue weighted by atomic mass is 10.2. The van der Waals surface area contributed by atoms with Crippen LogP contribution in [0.1, 0.15) is 31.6 Å². The Balaban J connectivity index is 2.33. The van der Waals surface area contributed by atoms with Gasteiger partial charge in [-0.3, -0.25) is 4.79 Å². The molecule has 1 heterocycles. The zero-order chi connectivity index (χ0) is 10.4. The molecule has 14 heavy (non-hydrogen) atoms. The molecule has 0 aliphatic heterocycles. The Morgan fingerprint density at radius 1 is 1.79 bits per heavy atom. The van der Waals surface area contributed by atoms with Gasteiger partial charge >= 0.3 is 0 Å². The molecule has 0 radical (unpaired) electrons. The smallest absolute Gasteiger partial charge is 0.220 e. The first-order valence-corrected chi connectivity index (χ1v) is 4.63. The lowest BCUT2D eigenvalue weighted by Crippen LogP contribution is -2.27. The number of hydrogen-bond acceptors (Lipinski definition) is 3. The Morgan fingerprint density at radius 2 is 2.57 bits per heavy atom. The fourth-order valence-electron chi connectivity index (χ4n) is 1.14. The number of amides is 1. The minimum atomic E-state index is -0.115. The first-order chi connectivity index (χ1) is 6.74. The molecule has 1 aromatic heterocycles. The molecular weight excluding hydrogens is 182 g/mol. The molecule has 5 nitrogen and oxygen atoms in total. The summed E-state index contributed by atoms with van der Waals surface area (Å²) in [6.07, 6.45) is 4.20. The summed E-state index contributed by atoms with van der Waals surface area (Å²) in [5.74, 6) is 0.672. The van der Waals surface area contributed by atoms with Crippen LogP contribution in [0.25, 0.3) is 0 Å². The lowest BCUT2D eigenvalue weighted by Gasteiger charge is -2.10. The Hall–Kier alpha value is -1.36. The van der Waals surface area contributed by atoms with Gasteiger partial charge in [-0.25, -0.2) is 4.98 Å².